The fourth-order valence-electron chi connectivity index (χ4n) is 4.61. The first-order valence-corrected chi connectivity index (χ1v) is 11.0. The summed E-state index contributed by atoms with van der Waals surface area (Å²) in [5, 5.41) is 12.9. The lowest BCUT2D eigenvalue weighted by Gasteiger charge is -2.29. The Morgan fingerprint density at radius 3 is 2.56 bits per heavy atom. The van der Waals surface area contributed by atoms with Gasteiger partial charge in [-0.2, -0.15) is 5.26 Å². The van der Waals surface area contributed by atoms with Crippen LogP contribution in [0.15, 0.2) is 41.2 Å². The fourth-order valence-corrected chi connectivity index (χ4v) is 4.89. The smallest absolute Gasteiger partial charge is 0.329 e. The zero-order chi connectivity index (χ0) is 22.8. The molecule has 0 radical (unpaired) electrons. The van der Waals surface area contributed by atoms with Crippen molar-refractivity contribution in [1.29, 1.82) is 5.26 Å². The Balaban J connectivity index is 1.73. The van der Waals surface area contributed by atoms with E-state index in [2.05, 4.69) is 11.4 Å². The van der Waals surface area contributed by atoms with Gasteiger partial charge >= 0.3 is 5.69 Å². The number of carbonyl (C=O) groups excluding carboxylic acids is 1. The molecule has 8 heteroatoms. The van der Waals surface area contributed by atoms with E-state index in [1.54, 1.807) is 35.9 Å². The second kappa shape index (κ2) is 9.09. The van der Waals surface area contributed by atoms with Crippen LogP contribution in [0.1, 0.15) is 49.8 Å². The third-order valence-electron chi connectivity index (χ3n) is 6.12. The molecule has 1 aliphatic carbocycles. The van der Waals surface area contributed by atoms with Crippen molar-refractivity contribution < 1.29 is 9.53 Å². The summed E-state index contributed by atoms with van der Waals surface area (Å²) in [5.74, 6) is 0.553. The third-order valence-corrected chi connectivity index (χ3v) is 6.41. The summed E-state index contributed by atoms with van der Waals surface area (Å²) in [7, 11) is 1.56. The molecule has 1 saturated carbocycles. The van der Waals surface area contributed by atoms with E-state index in [0.717, 1.165) is 42.3 Å². The van der Waals surface area contributed by atoms with Crippen LogP contribution in [0, 0.1) is 11.3 Å². The highest BCUT2D eigenvalue weighted by Crippen LogP contribution is 2.31. The number of aromatic nitrogens is 2. The van der Waals surface area contributed by atoms with E-state index >= 15 is 0 Å². The molecule has 0 unspecified atom stereocenters. The van der Waals surface area contributed by atoms with Crippen LogP contribution in [0.5, 0.6) is 5.75 Å². The number of nitrogens with one attached hydrogen (secondary N) is 1. The molecule has 0 atom stereocenters. The van der Waals surface area contributed by atoms with Gasteiger partial charge < -0.3 is 10.1 Å². The number of benzene rings is 2. The Bertz CT molecular complexity index is 1260. The third kappa shape index (κ3) is 4.23. The molecule has 1 heterocycles. The van der Waals surface area contributed by atoms with Crippen LogP contribution in [0.3, 0.4) is 0 Å². The molecule has 1 aliphatic rings. The van der Waals surface area contributed by atoms with Crippen LogP contribution < -0.4 is 15.7 Å². The standard InChI is InChI=1S/C24H25ClN4O3/c1-15(30)27-18-5-7-19(8-6-18)29-21-9-3-16(13-26)12-22(21)28(24(29)31)14-17-4-10-23(32-2)20(25)11-17/h3-4,9-12,18-19H,5-8,14H2,1-2H3,(H,27,30)/t18-,19-. The number of hydrogen-bond acceptors (Lipinski definition) is 4. The zero-order valence-electron chi connectivity index (χ0n) is 18.1. The van der Waals surface area contributed by atoms with Crippen LogP contribution in [-0.4, -0.2) is 28.2 Å². The molecule has 2 aromatic carbocycles. The first kappa shape index (κ1) is 22.0. The Morgan fingerprint density at radius 2 is 1.94 bits per heavy atom. The molecule has 1 aromatic heterocycles. The average Bonchev–Trinajstić information content (AvgIpc) is 3.05. The topological polar surface area (TPSA) is 89.0 Å². The number of nitriles is 1. The Morgan fingerprint density at radius 1 is 1.19 bits per heavy atom. The van der Waals surface area contributed by atoms with Gasteiger partial charge in [-0.25, -0.2) is 4.79 Å². The first-order valence-electron chi connectivity index (χ1n) is 10.7. The highest BCUT2D eigenvalue weighted by Gasteiger charge is 2.27. The Hall–Kier alpha value is -3.24. The number of nitrogens with zero attached hydrogens (tertiary/aromatic N) is 3. The quantitative estimate of drug-likeness (QED) is 0.633. The van der Waals surface area contributed by atoms with E-state index in [4.69, 9.17) is 16.3 Å². The van der Waals surface area contributed by atoms with E-state index in [0.29, 0.717) is 22.9 Å². The summed E-state index contributed by atoms with van der Waals surface area (Å²) in [6.45, 7) is 1.87. The van der Waals surface area contributed by atoms with Gasteiger partial charge in [0, 0.05) is 19.0 Å². The van der Waals surface area contributed by atoms with Crippen LogP contribution in [0.4, 0.5) is 0 Å². The molecule has 3 aromatic rings. The molecule has 0 spiro atoms. The van der Waals surface area contributed by atoms with Crippen molar-refractivity contribution in [2.24, 2.45) is 0 Å². The SMILES string of the molecule is COc1ccc(Cn2c(=O)n([C@H]3CC[C@H](NC(C)=O)CC3)c3ccc(C#N)cc32)cc1Cl. The second-order valence-corrected chi connectivity index (χ2v) is 8.64. The van der Waals surface area contributed by atoms with Gasteiger partial charge in [-0.1, -0.05) is 17.7 Å². The molecule has 0 bridgehead atoms. The van der Waals surface area contributed by atoms with Gasteiger partial charge in [0.25, 0.3) is 0 Å². The molecule has 0 aliphatic heterocycles. The van der Waals surface area contributed by atoms with Crippen LogP contribution in [0.2, 0.25) is 5.02 Å². The molecule has 7 nitrogen and oxygen atoms in total. The first-order chi connectivity index (χ1) is 15.4. The summed E-state index contributed by atoms with van der Waals surface area (Å²) in [6.07, 6.45) is 3.26. The molecule has 4 rings (SSSR count). The molecule has 0 saturated heterocycles. The number of imidazole rings is 1. The fraction of sp³-hybridized carbons (Fsp3) is 0.375. The van der Waals surface area contributed by atoms with Gasteiger partial charge in [0.2, 0.25) is 5.91 Å². The van der Waals surface area contributed by atoms with Crippen molar-refractivity contribution in [3.05, 3.63) is 63.0 Å². The molecule has 166 valence electrons. The van der Waals surface area contributed by atoms with E-state index in [1.165, 1.54) is 6.92 Å². The monoisotopic (exact) mass is 452 g/mol. The summed E-state index contributed by atoms with van der Waals surface area (Å²) in [5.41, 5.74) is 2.81. The van der Waals surface area contributed by atoms with Crippen molar-refractivity contribution in [2.45, 2.75) is 51.2 Å². The lowest BCUT2D eigenvalue weighted by atomic mass is 9.91. The van der Waals surface area contributed by atoms with E-state index in [-0.39, 0.29) is 23.7 Å². The van der Waals surface area contributed by atoms with Crippen LogP contribution in [-0.2, 0) is 11.3 Å². The van der Waals surface area contributed by atoms with Gasteiger partial charge in [-0.15, -0.1) is 0 Å². The minimum atomic E-state index is -0.106. The van der Waals surface area contributed by atoms with E-state index in [1.807, 2.05) is 16.7 Å². The highest BCUT2D eigenvalue weighted by molar-refractivity contribution is 6.32. The van der Waals surface area contributed by atoms with Gasteiger partial charge in [0.05, 0.1) is 41.3 Å². The largest absolute Gasteiger partial charge is 0.495 e. The lowest BCUT2D eigenvalue weighted by molar-refractivity contribution is -0.119. The molecular weight excluding hydrogens is 428 g/mol. The number of halogens is 1. The number of hydrogen-bond donors (Lipinski definition) is 1. The average molecular weight is 453 g/mol. The number of methoxy groups -OCH3 is 1. The van der Waals surface area contributed by atoms with Crippen molar-refractivity contribution >= 4 is 28.5 Å². The van der Waals surface area contributed by atoms with Crippen molar-refractivity contribution in [3.63, 3.8) is 0 Å². The number of rotatable bonds is 5. The summed E-state index contributed by atoms with van der Waals surface area (Å²) in [4.78, 5) is 25.0. The Kier molecular flexibility index (Phi) is 6.24. The highest BCUT2D eigenvalue weighted by atomic mass is 35.5. The maximum atomic E-state index is 13.6. The molecule has 1 fully saturated rings. The predicted octanol–water partition coefficient (Wildman–Crippen LogP) is 4.00. The van der Waals surface area contributed by atoms with Gasteiger partial charge in [0.15, 0.2) is 0 Å². The van der Waals surface area contributed by atoms with Gasteiger partial charge in [-0.3, -0.25) is 13.9 Å². The molecule has 1 N–H and O–H groups in total. The molecular formula is C24H25ClN4O3. The molecule has 32 heavy (non-hydrogen) atoms. The maximum Gasteiger partial charge on any atom is 0.329 e. The van der Waals surface area contributed by atoms with E-state index < -0.39 is 0 Å². The van der Waals surface area contributed by atoms with Crippen molar-refractivity contribution in [1.82, 2.24) is 14.5 Å². The van der Waals surface area contributed by atoms with Crippen LogP contribution >= 0.6 is 11.6 Å². The Labute approximate surface area is 191 Å². The summed E-state index contributed by atoms with van der Waals surface area (Å²) < 4.78 is 8.78. The normalized spacial score (nSPS) is 18.3. The van der Waals surface area contributed by atoms with E-state index in [9.17, 15) is 14.9 Å². The minimum Gasteiger partial charge on any atom is -0.495 e. The maximum absolute atomic E-state index is 13.6. The van der Waals surface area contributed by atoms with Gasteiger partial charge in [0.1, 0.15) is 5.75 Å². The minimum absolute atomic E-state index is 0.0237. The number of amides is 1. The predicted molar refractivity (Wildman–Crippen MR) is 123 cm³/mol. The van der Waals surface area contributed by atoms with Crippen molar-refractivity contribution in [2.75, 3.05) is 7.11 Å². The lowest BCUT2D eigenvalue weighted by Crippen LogP contribution is -2.38. The molecule has 1 amide bonds. The number of carbonyl (C=O) groups is 1. The van der Waals surface area contributed by atoms with Gasteiger partial charge in [-0.05, 0) is 61.6 Å². The zero-order valence-corrected chi connectivity index (χ0v) is 18.9. The second-order valence-electron chi connectivity index (χ2n) is 8.23. The summed E-state index contributed by atoms with van der Waals surface area (Å²) >= 11 is 6.29. The van der Waals surface area contributed by atoms with Crippen molar-refractivity contribution in [3.8, 4) is 11.8 Å². The summed E-state index contributed by atoms with van der Waals surface area (Å²) in [6, 6.07) is 13.2. The number of fused-ring (bicyclic) bond motifs is 1. The number of ether oxygens (including phenoxy) is 1. The van der Waals surface area contributed by atoms with Crippen LogP contribution in [0.25, 0.3) is 11.0 Å².